The number of hydrogen-bond acceptors (Lipinski definition) is 3. The van der Waals surface area contributed by atoms with Crippen LogP contribution in [-0.2, 0) is 5.88 Å². The lowest BCUT2D eigenvalue weighted by Gasteiger charge is -2.06. The minimum atomic E-state index is -0.537. The molecule has 1 N–H and O–H groups in total. The molecule has 2 aromatic carbocycles. The van der Waals surface area contributed by atoms with Crippen LogP contribution in [0.3, 0.4) is 0 Å². The van der Waals surface area contributed by atoms with Gasteiger partial charge < -0.3 is 5.32 Å². The smallest absolute Gasteiger partial charge is 0.292 e. The Kier molecular flexibility index (Phi) is 4.32. The number of alkyl halides is 1. The van der Waals surface area contributed by atoms with Gasteiger partial charge in [-0.3, -0.25) is 14.9 Å². The van der Waals surface area contributed by atoms with Gasteiger partial charge in [-0.2, -0.15) is 0 Å². The van der Waals surface area contributed by atoms with Crippen molar-refractivity contribution in [3.63, 3.8) is 0 Å². The fourth-order valence-corrected chi connectivity index (χ4v) is 1.89. The van der Waals surface area contributed by atoms with Crippen LogP contribution in [0.4, 0.5) is 11.4 Å². The molecule has 1 amide bonds. The molecule has 20 heavy (non-hydrogen) atoms. The molecule has 0 saturated carbocycles. The molecule has 0 atom stereocenters. The van der Waals surface area contributed by atoms with Gasteiger partial charge in [0.1, 0.15) is 5.69 Å². The van der Waals surface area contributed by atoms with Crippen molar-refractivity contribution in [1.82, 2.24) is 0 Å². The Morgan fingerprint density at radius 1 is 1.20 bits per heavy atom. The highest BCUT2D eigenvalue weighted by molar-refractivity contribution is 6.17. The van der Waals surface area contributed by atoms with E-state index in [0.717, 1.165) is 5.56 Å². The average molecular weight is 291 g/mol. The van der Waals surface area contributed by atoms with Crippen LogP contribution in [0.1, 0.15) is 15.9 Å². The molecule has 0 saturated heterocycles. The number of anilines is 1. The second-order valence-corrected chi connectivity index (χ2v) is 4.33. The van der Waals surface area contributed by atoms with Gasteiger partial charge in [0.25, 0.3) is 11.6 Å². The molecule has 0 aromatic heterocycles. The van der Waals surface area contributed by atoms with Crippen molar-refractivity contribution in [2.45, 2.75) is 5.88 Å². The van der Waals surface area contributed by atoms with Gasteiger partial charge in [-0.05, 0) is 23.8 Å². The summed E-state index contributed by atoms with van der Waals surface area (Å²) in [5, 5.41) is 13.4. The third-order valence-corrected chi connectivity index (χ3v) is 3.00. The standard InChI is InChI=1S/C14H11ClN2O3/c15-9-10-4-3-5-11(8-10)14(18)16-12-6-1-2-7-13(12)17(19)20/h1-8H,9H2,(H,16,18). The molecule has 0 aliphatic rings. The maximum absolute atomic E-state index is 12.1. The van der Waals surface area contributed by atoms with Crippen molar-refractivity contribution in [1.29, 1.82) is 0 Å². The summed E-state index contributed by atoms with van der Waals surface area (Å²) >= 11 is 5.71. The molecule has 0 heterocycles. The van der Waals surface area contributed by atoms with Gasteiger partial charge in [-0.25, -0.2) is 0 Å². The lowest BCUT2D eigenvalue weighted by molar-refractivity contribution is -0.383. The number of rotatable bonds is 4. The summed E-state index contributed by atoms with van der Waals surface area (Å²) in [6.45, 7) is 0. The van der Waals surface area contributed by atoms with Crippen LogP contribution in [0.5, 0.6) is 0 Å². The van der Waals surface area contributed by atoms with Gasteiger partial charge in [-0.1, -0.05) is 24.3 Å². The van der Waals surface area contributed by atoms with Crippen LogP contribution in [0, 0.1) is 10.1 Å². The Hall–Kier alpha value is -2.40. The zero-order chi connectivity index (χ0) is 14.5. The van der Waals surface area contributed by atoms with Crippen LogP contribution in [-0.4, -0.2) is 10.8 Å². The zero-order valence-corrected chi connectivity index (χ0v) is 11.1. The highest BCUT2D eigenvalue weighted by Gasteiger charge is 2.15. The molecule has 0 aliphatic carbocycles. The van der Waals surface area contributed by atoms with Gasteiger partial charge in [0.2, 0.25) is 0 Å². The number of benzene rings is 2. The van der Waals surface area contributed by atoms with E-state index in [-0.39, 0.29) is 11.4 Å². The van der Waals surface area contributed by atoms with E-state index >= 15 is 0 Å². The van der Waals surface area contributed by atoms with E-state index in [1.165, 1.54) is 12.1 Å². The van der Waals surface area contributed by atoms with Crippen LogP contribution in [0.15, 0.2) is 48.5 Å². The van der Waals surface area contributed by atoms with Crippen LogP contribution < -0.4 is 5.32 Å². The molecular formula is C14H11ClN2O3. The molecule has 0 bridgehead atoms. The van der Waals surface area contributed by atoms with Crippen molar-refractivity contribution in [2.75, 3.05) is 5.32 Å². The molecule has 2 aromatic rings. The second kappa shape index (κ2) is 6.16. The Labute approximate surface area is 120 Å². The summed E-state index contributed by atoms with van der Waals surface area (Å²) in [5.74, 6) is -0.113. The topological polar surface area (TPSA) is 72.2 Å². The van der Waals surface area contributed by atoms with Gasteiger partial charge in [0, 0.05) is 17.5 Å². The number of nitrogens with one attached hydrogen (secondary N) is 1. The van der Waals surface area contributed by atoms with Gasteiger partial charge >= 0.3 is 0 Å². The van der Waals surface area contributed by atoms with Crippen LogP contribution in [0.2, 0.25) is 0 Å². The predicted octanol–water partition coefficient (Wildman–Crippen LogP) is 3.59. The number of halogens is 1. The Morgan fingerprint density at radius 3 is 2.65 bits per heavy atom. The highest BCUT2D eigenvalue weighted by atomic mass is 35.5. The summed E-state index contributed by atoms with van der Waals surface area (Å²) in [4.78, 5) is 22.4. The van der Waals surface area contributed by atoms with Crippen molar-refractivity contribution >= 4 is 28.9 Å². The molecule has 102 valence electrons. The number of nitro groups is 1. The van der Waals surface area contributed by atoms with Gasteiger partial charge in [0.05, 0.1) is 4.92 Å². The lowest BCUT2D eigenvalue weighted by Crippen LogP contribution is -2.13. The quantitative estimate of drug-likeness (QED) is 0.531. The fourth-order valence-electron chi connectivity index (χ4n) is 1.73. The highest BCUT2D eigenvalue weighted by Crippen LogP contribution is 2.23. The molecular weight excluding hydrogens is 280 g/mol. The first kappa shape index (κ1) is 14.0. The summed E-state index contributed by atoms with van der Waals surface area (Å²) in [6, 6.07) is 12.8. The maximum atomic E-state index is 12.1. The summed E-state index contributed by atoms with van der Waals surface area (Å²) in [7, 11) is 0. The molecule has 5 nitrogen and oxygen atoms in total. The molecule has 0 radical (unpaired) electrons. The minimum absolute atomic E-state index is 0.144. The molecule has 0 aliphatic heterocycles. The summed E-state index contributed by atoms with van der Waals surface area (Å²) in [5.41, 5.74) is 1.23. The zero-order valence-electron chi connectivity index (χ0n) is 10.4. The molecule has 2 rings (SSSR count). The van der Waals surface area contributed by atoms with E-state index in [1.54, 1.807) is 36.4 Å². The minimum Gasteiger partial charge on any atom is -0.316 e. The molecule has 0 spiro atoms. The molecule has 6 heteroatoms. The fraction of sp³-hybridized carbons (Fsp3) is 0.0714. The number of carbonyl (C=O) groups is 1. The third kappa shape index (κ3) is 3.13. The monoisotopic (exact) mass is 290 g/mol. The number of carbonyl (C=O) groups excluding carboxylic acids is 1. The van der Waals surface area contributed by atoms with Crippen LogP contribution >= 0.6 is 11.6 Å². The van der Waals surface area contributed by atoms with Crippen molar-refractivity contribution in [3.8, 4) is 0 Å². The first-order valence-corrected chi connectivity index (χ1v) is 6.35. The van der Waals surface area contributed by atoms with E-state index in [1.807, 2.05) is 0 Å². The lowest BCUT2D eigenvalue weighted by atomic mass is 10.1. The Balaban J connectivity index is 2.25. The van der Waals surface area contributed by atoms with E-state index in [4.69, 9.17) is 11.6 Å². The van der Waals surface area contributed by atoms with Crippen molar-refractivity contribution < 1.29 is 9.72 Å². The largest absolute Gasteiger partial charge is 0.316 e. The van der Waals surface area contributed by atoms with E-state index < -0.39 is 10.8 Å². The number of hydrogen-bond donors (Lipinski definition) is 1. The first-order valence-electron chi connectivity index (χ1n) is 5.81. The average Bonchev–Trinajstić information content (AvgIpc) is 2.47. The van der Waals surface area contributed by atoms with E-state index in [2.05, 4.69) is 5.32 Å². The maximum Gasteiger partial charge on any atom is 0.292 e. The summed E-state index contributed by atoms with van der Waals surface area (Å²) in [6.07, 6.45) is 0. The van der Waals surface area contributed by atoms with Gasteiger partial charge in [-0.15, -0.1) is 11.6 Å². The SMILES string of the molecule is O=C(Nc1ccccc1[N+](=O)[O-])c1cccc(CCl)c1. The summed E-state index contributed by atoms with van der Waals surface area (Å²) < 4.78 is 0. The van der Waals surface area contributed by atoms with Crippen molar-refractivity contribution in [3.05, 3.63) is 69.8 Å². The molecule has 0 fully saturated rings. The number of nitro benzene ring substituents is 1. The first-order chi connectivity index (χ1) is 9.61. The van der Waals surface area contributed by atoms with E-state index in [9.17, 15) is 14.9 Å². The predicted molar refractivity (Wildman–Crippen MR) is 77.0 cm³/mol. The number of para-hydroxylation sites is 2. The van der Waals surface area contributed by atoms with E-state index in [0.29, 0.717) is 11.4 Å². The van der Waals surface area contributed by atoms with Crippen molar-refractivity contribution in [2.24, 2.45) is 0 Å². The van der Waals surface area contributed by atoms with Crippen LogP contribution in [0.25, 0.3) is 0 Å². The number of nitrogens with zero attached hydrogens (tertiary/aromatic N) is 1. The Morgan fingerprint density at radius 2 is 1.95 bits per heavy atom. The molecule has 0 unspecified atom stereocenters. The van der Waals surface area contributed by atoms with Gasteiger partial charge in [0.15, 0.2) is 0 Å². The third-order valence-electron chi connectivity index (χ3n) is 2.69. The normalized spacial score (nSPS) is 10.1. The Bertz CT molecular complexity index is 658. The second-order valence-electron chi connectivity index (χ2n) is 4.06. The number of amides is 1.